The fourth-order valence-electron chi connectivity index (χ4n) is 2.47. The first-order chi connectivity index (χ1) is 7.95. The van der Waals surface area contributed by atoms with Crippen LogP contribution in [-0.4, -0.2) is 22.8 Å². The van der Waals surface area contributed by atoms with Crippen molar-refractivity contribution < 1.29 is 4.21 Å². The Morgan fingerprint density at radius 1 is 1.24 bits per heavy atom. The molecular formula is C14H23NOS. The van der Waals surface area contributed by atoms with E-state index in [1.165, 1.54) is 22.3 Å². The summed E-state index contributed by atoms with van der Waals surface area (Å²) >= 11 is 0. The third-order valence-corrected chi connectivity index (χ3v) is 3.74. The van der Waals surface area contributed by atoms with Gasteiger partial charge < -0.3 is 5.32 Å². The molecule has 0 bridgehead atoms. The van der Waals surface area contributed by atoms with E-state index in [0.29, 0.717) is 5.75 Å². The molecule has 0 aliphatic rings. The topological polar surface area (TPSA) is 29.1 Å². The molecule has 0 heterocycles. The Kier molecular flexibility index (Phi) is 5.34. The van der Waals surface area contributed by atoms with Gasteiger partial charge in [0.05, 0.1) is 0 Å². The SMILES string of the molecule is CCNC(CS(C)=O)c1c(C)cc(C)cc1C. The Balaban J connectivity index is 3.13. The molecule has 0 aromatic heterocycles. The van der Waals surface area contributed by atoms with E-state index in [2.05, 4.69) is 45.1 Å². The molecule has 0 spiro atoms. The highest BCUT2D eigenvalue weighted by molar-refractivity contribution is 7.84. The number of hydrogen-bond donors (Lipinski definition) is 1. The molecule has 0 saturated carbocycles. The van der Waals surface area contributed by atoms with Gasteiger partial charge in [-0.25, -0.2) is 0 Å². The molecular weight excluding hydrogens is 230 g/mol. The second-order valence-electron chi connectivity index (χ2n) is 4.66. The lowest BCUT2D eigenvalue weighted by Crippen LogP contribution is -2.27. The zero-order chi connectivity index (χ0) is 13.0. The lowest BCUT2D eigenvalue weighted by atomic mass is 9.95. The molecule has 2 atom stereocenters. The van der Waals surface area contributed by atoms with E-state index < -0.39 is 10.8 Å². The van der Waals surface area contributed by atoms with Crippen molar-refractivity contribution in [1.29, 1.82) is 0 Å². The standard InChI is InChI=1S/C14H23NOS/c1-6-15-13(9-17(5)16)14-11(3)7-10(2)8-12(14)4/h7-8,13,15H,6,9H2,1-5H3. The van der Waals surface area contributed by atoms with Crippen molar-refractivity contribution in [2.45, 2.75) is 33.7 Å². The molecule has 1 N–H and O–H groups in total. The van der Waals surface area contributed by atoms with Crippen LogP contribution in [-0.2, 0) is 10.8 Å². The van der Waals surface area contributed by atoms with Gasteiger partial charge in [-0.3, -0.25) is 4.21 Å². The van der Waals surface area contributed by atoms with Gasteiger partial charge in [0.1, 0.15) is 0 Å². The molecule has 0 saturated heterocycles. The van der Waals surface area contributed by atoms with E-state index in [1.54, 1.807) is 6.26 Å². The fourth-order valence-corrected chi connectivity index (χ4v) is 3.22. The monoisotopic (exact) mass is 253 g/mol. The summed E-state index contributed by atoms with van der Waals surface area (Å²) in [6, 6.07) is 4.60. The molecule has 0 aliphatic carbocycles. The van der Waals surface area contributed by atoms with Crippen LogP contribution in [0.5, 0.6) is 0 Å². The maximum absolute atomic E-state index is 11.5. The molecule has 0 radical (unpaired) electrons. The minimum atomic E-state index is -0.782. The lowest BCUT2D eigenvalue weighted by molar-refractivity contribution is 0.590. The van der Waals surface area contributed by atoms with E-state index in [4.69, 9.17) is 0 Å². The molecule has 0 aliphatic heterocycles. The van der Waals surface area contributed by atoms with Crippen molar-refractivity contribution in [3.63, 3.8) is 0 Å². The summed E-state index contributed by atoms with van der Waals surface area (Å²) < 4.78 is 11.5. The summed E-state index contributed by atoms with van der Waals surface area (Å²) in [7, 11) is -0.782. The van der Waals surface area contributed by atoms with Gasteiger partial charge in [-0.1, -0.05) is 24.6 Å². The normalized spacial score (nSPS) is 14.6. The smallest absolute Gasteiger partial charge is 0.0441 e. The van der Waals surface area contributed by atoms with Crippen molar-refractivity contribution >= 4 is 10.8 Å². The highest BCUT2D eigenvalue weighted by atomic mass is 32.2. The van der Waals surface area contributed by atoms with Crippen LogP contribution in [0.3, 0.4) is 0 Å². The molecule has 17 heavy (non-hydrogen) atoms. The molecule has 0 amide bonds. The number of aryl methyl sites for hydroxylation is 3. The van der Waals surface area contributed by atoms with Crippen LogP contribution in [0.2, 0.25) is 0 Å². The molecule has 0 fully saturated rings. The average Bonchev–Trinajstić information content (AvgIpc) is 2.14. The van der Waals surface area contributed by atoms with E-state index in [-0.39, 0.29) is 6.04 Å². The van der Waals surface area contributed by atoms with Gasteiger partial charge in [-0.05, 0) is 44.0 Å². The number of rotatable bonds is 5. The summed E-state index contributed by atoms with van der Waals surface area (Å²) in [6.45, 7) is 9.37. The van der Waals surface area contributed by atoms with Crippen LogP contribution in [0, 0.1) is 20.8 Å². The molecule has 96 valence electrons. The maximum atomic E-state index is 11.5. The Bertz CT molecular complexity index is 392. The molecule has 1 rings (SSSR count). The maximum Gasteiger partial charge on any atom is 0.0441 e. The lowest BCUT2D eigenvalue weighted by Gasteiger charge is -2.22. The van der Waals surface area contributed by atoms with Crippen LogP contribution >= 0.6 is 0 Å². The van der Waals surface area contributed by atoms with E-state index >= 15 is 0 Å². The van der Waals surface area contributed by atoms with E-state index in [0.717, 1.165) is 6.54 Å². The molecule has 2 unspecified atom stereocenters. The minimum absolute atomic E-state index is 0.200. The summed E-state index contributed by atoms with van der Waals surface area (Å²) in [6.07, 6.45) is 1.77. The predicted octanol–water partition coefficient (Wildman–Crippen LogP) is 2.64. The van der Waals surface area contributed by atoms with Crippen LogP contribution < -0.4 is 5.32 Å². The summed E-state index contributed by atoms with van der Waals surface area (Å²) in [5.74, 6) is 0.679. The fraction of sp³-hybridized carbons (Fsp3) is 0.571. The summed E-state index contributed by atoms with van der Waals surface area (Å²) in [4.78, 5) is 0. The quantitative estimate of drug-likeness (QED) is 0.874. The molecule has 1 aromatic carbocycles. The van der Waals surface area contributed by atoms with Crippen molar-refractivity contribution in [3.05, 3.63) is 34.4 Å². The molecule has 2 nitrogen and oxygen atoms in total. The van der Waals surface area contributed by atoms with Crippen LogP contribution in [0.25, 0.3) is 0 Å². The summed E-state index contributed by atoms with van der Waals surface area (Å²) in [5.41, 5.74) is 5.18. The number of nitrogens with one attached hydrogen (secondary N) is 1. The van der Waals surface area contributed by atoms with Crippen molar-refractivity contribution in [2.24, 2.45) is 0 Å². The Morgan fingerprint density at radius 2 is 1.76 bits per heavy atom. The van der Waals surface area contributed by atoms with Gasteiger partial charge in [0, 0.05) is 28.9 Å². The third kappa shape index (κ3) is 3.93. The first-order valence-electron chi connectivity index (χ1n) is 6.06. The first-order valence-corrected chi connectivity index (χ1v) is 7.79. The molecule has 1 aromatic rings. The highest BCUT2D eigenvalue weighted by Gasteiger charge is 2.16. The second-order valence-corrected chi connectivity index (χ2v) is 6.14. The van der Waals surface area contributed by atoms with E-state index in [1.807, 2.05) is 0 Å². The first kappa shape index (κ1) is 14.4. The summed E-state index contributed by atoms with van der Waals surface area (Å²) in [5, 5.41) is 3.44. The Morgan fingerprint density at radius 3 is 2.18 bits per heavy atom. The van der Waals surface area contributed by atoms with Gasteiger partial charge in [0.25, 0.3) is 0 Å². The minimum Gasteiger partial charge on any atom is -0.309 e. The van der Waals surface area contributed by atoms with Crippen molar-refractivity contribution in [2.75, 3.05) is 18.6 Å². The van der Waals surface area contributed by atoms with Gasteiger partial charge in [0.15, 0.2) is 0 Å². The van der Waals surface area contributed by atoms with Gasteiger partial charge >= 0.3 is 0 Å². The third-order valence-electron chi connectivity index (χ3n) is 2.94. The van der Waals surface area contributed by atoms with Crippen LogP contribution in [0.15, 0.2) is 12.1 Å². The second kappa shape index (κ2) is 6.31. The largest absolute Gasteiger partial charge is 0.309 e. The average molecular weight is 253 g/mol. The van der Waals surface area contributed by atoms with Crippen molar-refractivity contribution in [1.82, 2.24) is 5.32 Å². The Labute approximate surface area is 107 Å². The Hall–Kier alpha value is -0.670. The highest BCUT2D eigenvalue weighted by Crippen LogP contribution is 2.24. The van der Waals surface area contributed by atoms with Crippen LogP contribution in [0.4, 0.5) is 0 Å². The van der Waals surface area contributed by atoms with Gasteiger partial charge in [0.2, 0.25) is 0 Å². The predicted molar refractivity (Wildman–Crippen MR) is 76.0 cm³/mol. The zero-order valence-corrected chi connectivity index (χ0v) is 12.3. The number of hydrogen-bond acceptors (Lipinski definition) is 2. The molecule has 3 heteroatoms. The van der Waals surface area contributed by atoms with E-state index in [9.17, 15) is 4.21 Å². The number of benzene rings is 1. The van der Waals surface area contributed by atoms with Gasteiger partial charge in [-0.2, -0.15) is 0 Å². The van der Waals surface area contributed by atoms with Crippen LogP contribution in [0.1, 0.15) is 35.2 Å². The van der Waals surface area contributed by atoms with Crippen molar-refractivity contribution in [3.8, 4) is 0 Å². The van der Waals surface area contributed by atoms with Gasteiger partial charge in [-0.15, -0.1) is 0 Å². The zero-order valence-electron chi connectivity index (χ0n) is 11.5.